The molecule has 0 aliphatic heterocycles. The van der Waals surface area contributed by atoms with Crippen LogP contribution in [-0.2, 0) is 90.8 Å². The average Bonchev–Trinajstić information content (AvgIpc) is 3.36. The van der Waals surface area contributed by atoms with Crippen LogP contribution in [0.1, 0.15) is 171 Å². The third kappa shape index (κ3) is 28.6. The van der Waals surface area contributed by atoms with Gasteiger partial charge < -0.3 is 73.6 Å². The van der Waals surface area contributed by atoms with E-state index in [1.54, 1.807) is 0 Å². The number of aliphatic hydroxyl groups is 2. The fourth-order valence-corrected chi connectivity index (χ4v) is 7.48. The lowest BCUT2D eigenvalue weighted by Gasteiger charge is -2.30. The molecule has 6 atom stereocenters. The summed E-state index contributed by atoms with van der Waals surface area (Å²) in [5, 5.41) is 68.6. The van der Waals surface area contributed by atoms with Gasteiger partial charge in [-0.15, -0.1) is 0 Å². The molecule has 6 unspecified atom stereocenters. The van der Waals surface area contributed by atoms with Gasteiger partial charge in [0.15, 0.2) is 24.4 Å². The summed E-state index contributed by atoms with van der Waals surface area (Å²) < 4.78 is 37.6. The quantitative estimate of drug-likeness (QED) is 0.0119. The number of para-hydroxylation sites is 2. The molecule has 30 nitrogen and oxygen atoms in total. The van der Waals surface area contributed by atoms with Crippen LogP contribution >= 0.6 is 0 Å². The zero-order valence-corrected chi connectivity index (χ0v) is 48.8. The van der Waals surface area contributed by atoms with Crippen molar-refractivity contribution in [3.63, 3.8) is 0 Å². The molecule has 30 heteroatoms. The van der Waals surface area contributed by atoms with Crippen LogP contribution in [0, 0.1) is 0 Å². The summed E-state index contributed by atoms with van der Waals surface area (Å²) in [5.41, 5.74) is -8.45. The van der Waals surface area contributed by atoms with Gasteiger partial charge in [-0.2, -0.15) is 0 Å². The second-order valence-electron chi connectivity index (χ2n) is 19.4. The van der Waals surface area contributed by atoms with Crippen LogP contribution in [0.5, 0.6) is 11.5 Å². The fraction of sp³-hybridized carbons (Fsp3) is 0.500. The van der Waals surface area contributed by atoms with Crippen LogP contribution < -0.4 is 9.47 Å². The van der Waals surface area contributed by atoms with E-state index >= 15 is 0 Å². The molecule has 0 radical (unpaired) electrons. The van der Waals surface area contributed by atoms with Gasteiger partial charge in [0, 0.05) is 20.3 Å². The Morgan fingerprint density at radius 3 is 1.12 bits per heavy atom. The summed E-state index contributed by atoms with van der Waals surface area (Å²) in [6.45, 7) is 6.00. The molecule has 2 aromatic carbocycles. The molecule has 0 saturated carbocycles. The number of carbonyl (C=O) groups excluding carboxylic acids is 10. The van der Waals surface area contributed by atoms with E-state index in [1.165, 1.54) is 82.8 Å². The molecule has 0 aliphatic rings. The normalized spacial score (nSPS) is 13.5. The lowest BCUT2D eigenvalue weighted by molar-refractivity contribution is -0.202. The number of carboxylic acid groups (broad SMARTS) is 5. The van der Waals surface area contributed by atoms with Gasteiger partial charge in [0.05, 0.1) is 25.7 Å². The fourth-order valence-electron chi connectivity index (χ4n) is 7.48. The van der Waals surface area contributed by atoms with Crippen molar-refractivity contribution in [1.82, 2.24) is 0 Å². The third-order valence-electron chi connectivity index (χ3n) is 11.9. The molecule has 0 aromatic heterocycles. The van der Waals surface area contributed by atoms with Crippen LogP contribution in [-0.4, -0.2) is 161 Å². The number of aliphatic carboxylic acids is 5. The predicted octanol–water partition coefficient (Wildman–Crippen LogP) is 4.76. The van der Waals surface area contributed by atoms with Crippen molar-refractivity contribution in [2.45, 2.75) is 186 Å². The van der Waals surface area contributed by atoms with E-state index in [4.69, 9.17) is 24.1 Å². The second kappa shape index (κ2) is 39.3. The Bertz CT molecular complexity index is 2670. The standard InChI is InChI=1S/C40H38O28.C18H34O2/c1-17(31(51)63-19(3)41)61-33(53)21-9-5-7-11-23(21)65-27(47)15-39(37(57)58,13-25(43)44)67-35(55)29(49)30(50)36(56)68-40(38(59)60,14-26(45)46)16-28(48)66-24-12-8-6-10-22(24)34(54)62-18(2)32(52)64-20(4)42;1-2-3-4-5-6-7-8-9-10-11-12-13-14-15-16-17-18(19)20/h5-12,17-18,29-30,49-50H,13-16H2,1-4H3,(H,43,44)(H,45,46)(H,57,58)(H,59,60);9-10H,2-8,11-17H2,1H3,(H,19,20)/b;10-9-. The first-order valence-electron chi connectivity index (χ1n) is 27.4. The van der Waals surface area contributed by atoms with Crippen molar-refractivity contribution in [2.24, 2.45) is 0 Å². The van der Waals surface area contributed by atoms with Crippen molar-refractivity contribution in [1.29, 1.82) is 0 Å². The number of rotatable bonds is 38. The summed E-state index contributed by atoms with van der Waals surface area (Å²) in [5.74, 6) is -27.1. The number of esters is 10. The molecule has 2 aromatic rings. The number of hydrogen-bond acceptors (Lipinski definition) is 25. The minimum Gasteiger partial charge on any atom is -0.481 e. The van der Waals surface area contributed by atoms with Crippen molar-refractivity contribution < 1.29 is 146 Å². The Hall–Kier alpha value is -9.45. The summed E-state index contributed by atoms with van der Waals surface area (Å²) >= 11 is 0. The van der Waals surface area contributed by atoms with Gasteiger partial charge in [0.2, 0.25) is 11.2 Å². The van der Waals surface area contributed by atoms with Crippen LogP contribution in [0.4, 0.5) is 0 Å². The molecule has 0 heterocycles. The van der Waals surface area contributed by atoms with Gasteiger partial charge in [0.25, 0.3) is 0 Å². The molecule has 0 bridgehead atoms. The van der Waals surface area contributed by atoms with Crippen LogP contribution in [0.2, 0.25) is 0 Å². The average molecular weight is 1250 g/mol. The number of carboxylic acids is 5. The topological polar surface area (TPSA) is 472 Å². The highest BCUT2D eigenvalue weighted by atomic mass is 16.6. The number of benzene rings is 2. The summed E-state index contributed by atoms with van der Waals surface area (Å²) in [7, 11) is 0. The van der Waals surface area contributed by atoms with Gasteiger partial charge in [-0.3, -0.25) is 33.6 Å². The molecule has 88 heavy (non-hydrogen) atoms. The smallest absolute Gasteiger partial charge is 0.354 e. The Labute approximate surface area is 502 Å². The molecule has 7 N–H and O–H groups in total. The van der Waals surface area contributed by atoms with E-state index in [9.17, 15) is 103 Å². The largest absolute Gasteiger partial charge is 0.481 e. The maximum Gasteiger partial charge on any atom is 0.354 e. The summed E-state index contributed by atoms with van der Waals surface area (Å²) in [4.78, 5) is 183. The molecular weight excluding hydrogens is 1180 g/mol. The van der Waals surface area contributed by atoms with Crippen LogP contribution in [0.3, 0.4) is 0 Å². The predicted molar refractivity (Wildman–Crippen MR) is 293 cm³/mol. The highest BCUT2D eigenvalue weighted by Crippen LogP contribution is 2.30. The monoisotopic (exact) mass is 1250 g/mol. The number of hydrogen-bond donors (Lipinski definition) is 7. The molecule has 0 amide bonds. The van der Waals surface area contributed by atoms with Gasteiger partial charge in [-0.05, 0) is 70.2 Å². The highest BCUT2D eigenvalue weighted by molar-refractivity contribution is 5.99. The first-order chi connectivity index (χ1) is 41.3. The minimum atomic E-state index is -3.60. The zero-order valence-electron chi connectivity index (χ0n) is 48.8. The summed E-state index contributed by atoms with van der Waals surface area (Å²) in [6, 6.07) is 8.47. The van der Waals surface area contributed by atoms with Crippen LogP contribution in [0.25, 0.3) is 0 Å². The molecule has 0 spiro atoms. The first kappa shape index (κ1) is 76.6. The molecule has 0 aliphatic carbocycles. The number of allylic oxidation sites excluding steroid dienone is 2. The lowest BCUT2D eigenvalue weighted by atomic mass is 9.94. The second-order valence-corrected chi connectivity index (χ2v) is 19.4. The Kier molecular flexibility index (Phi) is 34.2. The zero-order chi connectivity index (χ0) is 66.7. The number of unbranched alkanes of at least 4 members (excludes halogenated alkanes) is 11. The third-order valence-corrected chi connectivity index (χ3v) is 11.9. The van der Waals surface area contributed by atoms with Gasteiger partial charge in [-0.25, -0.2) is 38.4 Å². The molecule has 484 valence electrons. The SMILES string of the molecule is CC(=O)OC(=O)C(C)OC(=O)c1ccccc1OC(=O)CC(CC(=O)O)(OC(=O)C(O)C(O)C(=O)OC(CC(=O)O)(CC(=O)Oc1ccccc1C(=O)OC(C)C(=O)OC(C)=O)C(=O)O)C(=O)O.CCCCCCCC/C=C\CCCCCCCC(=O)O. The van der Waals surface area contributed by atoms with Gasteiger partial charge in [-0.1, -0.05) is 94.7 Å². The lowest BCUT2D eigenvalue weighted by Crippen LogP contribution is -2.54. The Morgan fingerprint density at radius 1 is 0.455 bits per heavy atom. The molecule has 0 fully saturated rings. The first-order valence-corrected chi connectivity index (χ1v) is 27.4. The van der Waals surface area contributed by atoms with E-state index in [-0.39, 0.29) is 0 Å². The maximum atomic E-state index is 13.1. The van der Waals surface area contributed by atoms with Crippen molar-refractivity contribution >= 4 is 89.5 Å². The number of carbonyl (C=O) groups is 15. The summed E-state index contributed by atoms with van der Waals surface area (Å²) in [6.07, 6.45) is 3.83. The molecule has 0 saturated heterocycles. The molecule has 2 rings (SSSR count). The Morgan fingerprint density at radius 2 is 0.795 bits per heavy atom. The number of aliphatic hydroxyl groups excluding tert-OH is 2. The van der Waals surface area contributed by atoms with E-state index in [1.807, 2.05) is 0 Å². The van der Waals surface area contributed by atoms with E-state index in [0.29, 0.717) is 6.42 Å². The maximum absolute atomic E-state index is 13.1. The van der Waals surface area contributed by atoms with Crippen molar-refractivity contribution in [3.8, 4) is 11.5 Å². The van der Waals surface area contributed by atoms with E-state index < -0.39 is 173 Å². The molecular formula is C58H72O30. The Balaban J connectivity index is 0.00000164. The van der Waals surface area contributed by atoms with Gasteiger partial charge >= 0.3 is 89.5 Å². The highest BCUT2D eigenvalue weighted by Gasteiger charge is 2.52. The van der Waals surface area contributed by atoms with E-state index in [2.05, 4.69) is 38.0 Å². The van der Waals surface area contributed by atoms with Crippen LogP contribution in [0.15, 0.2) is 60.7 Å². The van der Waals surface area contributed by atoms with Crippen molar-refractivity contribution in [3.05, 3.63) is 71.8 Å². The number of ether oxygens (including phenoxy) is 8. The van der Waals surface area contributed by atoms with Gasteiger partial charge in [0.1, 0.15) is 22.6 Å². The van der Waals surface area contributed by atoms with Crippen molar-refractivity contribution in [2.75, 3.05) is 0 Å². The van der Waals surface area contributed by atoms with E-state index in [0.717, 1.165) is 76.9 Å². The minimum absolute atomic E-state index is 0.332.